The second-order valence-corrected chi connectivity index (χ2v) is 11.0. The summed E-state index contributed by atoms with van der Waals surface area (Å²) >= 11 is 0. The number of aliphatic hydroxyl groups excluding tert-OH is 1. The minimum Gasteiger partial charge on any atom is -0.396 e. The van der Waals surface area contributed by atoms with Crippen LogP contribution in [0.15, 0.2) is 48.5 Å². The van der Waals surface area contributed by atoms with Crippen molar-refractivity contribution in [2.45, 2.75) is 38.1 Å². The fraction of sp³-hybridized carbons (Fsp3) is 0.538. The van der Waals surface area contributed by atoms with Gasteiger partial charge in [0.1, 0.15) is 11.6 Å². The van der Waals surface area contributed by atoms with Crippen LogP contribution in [0.3, 0.4) is 0 Å². The first kappa shape index (κ1) is 27.7. The topological polar surface area (TPSA) is 72.9 Å². The predicted octanol–water partition coefficient (Wildman–Crippen LogP) is 3.53. The second kappa shape index (κ2) is 14.0. The van der Waals surface area contributed by atoms with Gasteiger partial charge in [0, 0.05) is 39.3 Å². The molecule has 0 aromatic heterocycles. The number of hydrogen-bond donors (Lipinski definition) is 2. The molecule has 1 aliphatic rings. The highest BCUT2D eigenvalue weighted by Gasteiger charge is 2.26. The van der Waals surface area contributed by atoms with Gasteiger partial charge in [0.15, 0.2) is 0 Å². The standard InChI is InChI=1S/C26H37F2N3O3S/c27-24-10-6-22(7-11-24)26(23-8-12-25(28)13-9-23)31-18-16-30(17-19-31)15-3-1-5-21-35(33,34)29-14-2-4-20-32/h6-13,26,29,32H,1-5,14-21H2. The molecule has 0 unspecified atom stereocenters. The summed E-state index contributed by atoms with van der Waals surface area (Å²) < 4.78 is 53.6. The van der Waals surface area contributed by atoms with E-state index in [0.717, 1.165) is 56.7 Å². The Balaban J connectivity index is 1.44. The zero-order valence-corrected chi connectivity index (χ0v) is 21.0. The van der Waals surface area contributed by atoms with Gasteiger partial charge in [0.05, 0.1) is 11.8 Å². The molecule has 0 aliphatic carbocycles. The Labute approximate surface area is 208 Å². The van der Waals surface area contributed by atoms with Crippen LogP contribution in [-0.4, -0.2) is 75.0 Å². The van der Waals surface area contributed by atoms with Crippen molar-refractivity contribution in [3.63, 3.8) is 0 Å². The molecule has 2 aromatic rings. The van der Waals surface area contributed by atoms with Crippen LogP contribution < -0.4 is 4.72 Å². The third-order valence-electron chi connectivity index (χ3n) is 6.44. The van der Waals surface area contributed by atoms with Gasteiger partial charge in [-0.15, -0.1) is 0 Å². The molecule has 0 spiro atoms. The van der Waals surface area contributed by atoms with E-state index in [9.17, 15) is 17.2 Å². The van der Waals surface area contributed by atoms with Crippen molar-refractivity contribution in [3.05, 3.63) is 71.3 Å². The maximum atomic E-state index is 13.5. The molecule has 3 rings (SSSR count). The van der Waals surface area contributed by atoms with Crippen molar-refractivity contribution in [2.75, 3.05) is 51.6 Å². The summed E-state index contributed by atoms with van der Waals surface area (Å²) in [7, 11) is -3.24. The van der Waals surface area contributed by atoms with Crippen LogP contribution in [0.5, 0.6) is 0 Å². The fourth-order valence-corrected chi connectivity index (χ4v) is 5.67. The summed E-state index contributed by atoms with van der Waals surface area (Å²) in [6.45, 7) is 4.85. The number of sulfonamides is 1. The Bertz CT molecular complexity index is 934. The number of unbranched alkanes of at least 4 members (excludes halogenated alkanes) is 3. The van der Waals surface area contributed by atoms with E-state index in [-0.39, 0.29) is 30.0 Å². The molecule has 2 aromatic carbocycles. The molecule has 35 heavy (non-hydrogen) atoms. The lowest BCUT2D eigenvalue weighted by Gasteiger charge is -2.40. The average Bonchev–Trinajstić information content (AvgIpc) is 2.85. The minimum absolute atomic E-state index is 0.0616. The molecule has 1 fully saturated rings. The van der Waals surface area contributed by atoms with E-state index in [1.807, 2.05) is 0 Å². The first-order chi connectivity index (χ1) is 16.9. The molecule has 0 bridgehead atoms. The number of halogens is 2. The molecule has 1 aliphatic heterocycles. The van der Waals surface area contributed by atoms with Crippen LogP contribution in [0.4, 0.5) is 8.78 Å². The highest BCUT2D eigenvalue weighted by atomic mass is 32.2. The zero-order chi connectivity index (χ0) is 25.1. The van der Waals surface area contributed by atoms with E-state index in [1.54, 1.807) is 24.3 Å². The van der Waals surface area contributed by atoms with Crippen molar-refractivity contribution >= 4 is 10.0 Å². The number of nitrogens with one attached hydrogen (secondary N) is 1. The summed E-state index contributed by atoms with van der Waals surface area (Å²) in [5.74, 6) is -0.417. The van der Waals surface area contributed by atoms with E-state index < -0.39 is 10.0 Å². The highest BCUT2D eigenvalue weighted by Crippen LogP contribution is 2.30. The lowest BCUT2D eigenvalue weighted by atomic mass is 9.96. The van der Waals surface area contributed by atoms with Gasteiger partial charge >= 0.3 is 0 Å². The van der Waals surface area contributed by atoms with Gasteiger partial charge < -0.3 is 10.0 Å². The second-order valence-electron chi connectivity index (χ2n) is 9.09. The normalized spacial score (nSPS) is 15.7. The average molecular weight is 510 g/mol. The number of nitrogens with zero attached hydrogens (tertiary/aromatic N) is 2. The molecule has 0 atom stereocenters. The summed E-state index contributed by atoms with van der Waals surface area (Å²) in [4.78, 5) is 4.75. The van der Waals surface area contributed by atoms with Crippen molar-refractivity contribution in [1.82, 2.24) is 14.5 Å². The Hall–Kier alpha value is -1.91. The van der Waals surface area contributed by atoms with E-state index in [2.05, 4.69) is 14.5 Å². The molecular weight excluding hydrogens is 472 g/mol. The zero-order valence-electron chi connectivity index (χ0n) is 20.2. The third-order valence-corrected chi connectivity index (χ3v) is 7.91. The summed E-state index contributed by atoms with van der Waals surface area (Å²) in [6, 6.07) is 13.0. The molecule has 0 radical (unpaired) electrons. The third kappa shape index (κ3) is 9.24. The molecule has 1 heterocycles. The van der Waals surface area contributed by atoms with Crippen molar-refractivity contribution < 1.29 is 22.3 Å². The lowest BCUT2D eigenvalue weighted by molar-refractivity contribution is 0.108. The van der Waals surface area contributed by atoms with Crippen LogP contribution in [0.2, 0.25) is 0 Å². The number of benzene rings is 2. The van der Waals surface area contributed by atoms with Crippen LogP contribution in [0.1, 0.15) is 49.3 Å². The maximum absolute atomic E-state index is 13.5. The Morgan fingerprint density at radius 1 is 0.800 bits per heavy atom. The largest absolute Gasteiger partial charge is 0.396 e. The van der Waals surface area contributed by atoms with E-state index >= 15 is 0 Å². The Morgan fingerprint density at radius 2 is 1.37 bits per heavy atom. The summed E-state index contributed by atoms with van der Waals surface area (Å²) in [6.07, 6.45) is 3.67. The monoisotopic (exact) mass is 509 g/mol. The smallest absolute Gasteiger partial charge is 0.211 e. The minimum atomic E-state index is -3.24. The van der Waals surface area contributed by atoms with Gasteiger partial charge in [0.25, 0.3) is 0 Å². The first-order valence-corrected chi connectivity index (χ1v) is 14.1. The van der Waals surface area contributed by atoms with Gasteiger partial charge in [-0.25, -0.2) is 21.9 Å². The van der Waals surface area contributed by atoms with Gasteiger partial charge in [-0.1, -0.05) is 30.7 Å². The molecule has 194 valence electrons. The predicted molar refractivity (Wildman–Crippen MR) is 135 cm³/mol. The number of hydrogen-bond acceptors (Lipinski definition) is 5. The van der Waals surface area contributed by atoms with Crippen LogP contribution in [0.25, 0.3) is 0 Å². The van der Waals surface area contributed by atoms with Gasteiger partial charge in [-0.2, -0.15) is 0 Å². The Kier molecular flexibility index (Phi) is 11.1. The van der Waals surface area contributed by atoms with Crippen molar-refractivity contribution in [2.24, 2.45) is 0 Å². The van der Waals surface area contributed by atoms with E-state index in [0.29, 0.717) is 25.8 Å². The van der Waals surface area contributed by atoms with Crippen molar-refractivity contribution in [1.29, 1.82) is 0 Å². The van der Waals surface area contributed by atoms with Crippen molar-refractivity contribution in [3.8, 4) is 0 Å². The molecule has 6 nitrogen and oxygen atoms in total. The molecule has 2 N–H and O–H groups in total. The maximum Gasteiger partial charge on any atom is 0.211 e. The Morgan fingerprint density at radius 3 is 1.91 bits per heavy atom. The number of aliphatic hydroxyl groups is 1. The van der Waals surface area contributed by atoms with Gasteiger partial charge in [-0.05, 0) is 67.6 Å². The molecular formula is C26H37F2N3O3S. The van der Waals surface area contributed by atoms with Gasteiger partial charge in [0.2, 0.25) is 10.0 Å². The highest BCUT2D eigenvalue weighted by molar-refractivity contribution is 7.89. The number of rotatable bonds is 14. The molecule has 1 saturated heterocycles. The SMILES string of the molecule is O=S(=O)(CCCCCN1CCN(C(c2ccc(F)cc2)c2ccc(F)cc2)CC1)NCCCCO. The van der Waals surface area contributed by atoms with Crippen LogP contribution >= 0.6 is 0 Å². The van der Waals surface area contributed by atoms with Gasteiger partial charge in [-0.3, -0.25) is 4.90 Å². The quantitative estimate of drug-likeness (QED) is 0.381. The van der Waals surface area contributed by atoms with Crippen LogP contribution in [0, 0.1) is 11.6 Å². The number of piperazine rings is 1. The molecule has 0 amide bonds. The summed E-state index contributed by atoms with van der Waals surface area (Å²) in [5, 5.41) is 8.76. The van der Waals surface area contributed by atoms with E-state index in [4.69, 9.17) is 5.11 Å². The lowest BCUT2D eigenvalue weighted by Crippen LogP contribution is -2.48. The fourth-order valence-electron chi connectivity index (χ4n) is 4.49. The first-order valence-electron chi connectivity index (χ1n) is 12.4. The molecule has 0 saturated carbocycles. The van der Waals surface area contributed by atoms with E-state index in [1.165, 1.54) is 24.3 Å². The summed E-state index contributed by atoms with van der Waals surface area (Å²) in [5.41, 5.74) is 1.97. The molecule has 9 heteroatoms. The van der Waals surface area contributed by atoms with Crippen LogP contribution in [-0.2, 0) is 10.0 Å².